The minimum Gasteiger partial charge on any atom is -0.493 e. The zero-order valence-corrected chi connectivity index (χ0v) is 12.8. The first-order chi connectivity index (χ1) is 9.74. The monoisotopic (exact) mass is 299 g/mol. The fourth-order valence-electron chi connectivity index (χ4n) is 2.31. The standard InChI is InChI=1S/C15H22ClNO3/c1-3-19-15-7-11(13(16)8-14(15)18-2)9-17-10-12-5-4-6-20-12/h7-8,12,17H,3-6,9-10H2,1-2H3. The average Bonchev–Trinajstić information content (AvgIpc) is 2.95. The van der Waals surface area contributed by atoms with E-state index in [0.717, 1.165) is 37.3 Å². The molecule has 1 heterocycles. The Balaban J connectivity index is 1.96. The van der Waals surface area contributed by atoms with Gasteiger partial charge in [0.1, 0.15) is 0 Å². The van der Waals surface area contributed by atoms with E-state index in [0.29, 0.717) is 30.0 Å². The van der Waals surface area contributed by atoms with Crippen LogP contribution >= 0.6 is 11.6 Å². The van der Waals surface area contributed by atoms with Crippen molar-refractivity contribution in [3.63, 3.8) is 0 Å². The first-order valence-electron chi connectivity index (χ1n) is 7.06. The summed E-state index contributed by atoms with van der Waals surface area (Å²) in [6.07, 6.45) is 2.62. The highest BCUT2D eigenvalue weighted by Crippen LogP contribution is 2.33. The van der Waals surface area contributed by atoms with Crippen LogP contribution in [0.25, 0.3) is 0 Å². The summed E-state index contributed by atoms with van der Waals surface area (Å²) in [7, 11) is 1.61. The SMILES string of the molecule is CCOc1cc(CNCC2CCCO2)c(Cl)cc1OC. The van der Waals surface area contributed by atoms with E-state index in [-0.39, 0.29) is 0 Å². The van der Waals surface area contributed by atoms with E-state index in [1.807, 2.05) is 13.0 Å². The quantitative estimate of drug-likeness (QED) is 0.840. The van der Waals surface area contributed by atoms with Gasteiger partial charge in [0.2, 0.25) is 0 Å². The fraction of sp³-hybridized carbons (Fsp3) is 0.600. The Labute approximate surface area is 125 Å². The van der Waals surface area contributed by atoms with Crippen molar-refractivity contribution in [2.45, 2.75) is 32.4 Å². The van der Waals surface area contributed by atoms with Crippen molar-refractivity contribution in [3.8, 4) is 11.5 Å². The number of hydrogen-bond donors (Lipinski definition) is 1. The normalized spacial score (nSPS) is 18.2. The molecule has 1 aromatic rings. The van der Waals surface area contributed by atoms with Crippen molar-refractivity contribution in [2.75, 3.05) is 26.9 Å². The number of ether oxygens (including phenoxy) is 3. The molecule has 0 aromatic heterocycles. The highest BCUT2D eigenvalue weighted by Gasteiger charge is 2.15. The zero-order chi connectivity index (χ0) is 14.4. The molecule has 1 aliphatic rings. The minimum atomic E-state index is 0.332. The summed E-state index contributed by atoms with van der Waals surface area (Å²) in [6.45, 7) is 4.98. The summed E-state index contributed by atoms with van der Waals surface area (Å²) < 4.78 is 16.4. The third kappa shape index (κ3) is 4.01. The van der Waals surface area contributed by atoms with Gasteiger partial charge in [0.05, 0.1) is 19.8 Å². The van der Waals surface area contributed by atoms with Crippen LogP contribution in [-0.2, 0) is 11.3 Å². The smallest absolute Gasteiger partial charge is 0.162 e. The van der Waals surface area contributed by atoms with Gasteiger partial charge in [0.25, 0.3) is 0 Å². The Morgan fingerprint density at radius 2 is 2.25 bits per heavy atom. The number of methoxy groups -OCH3 is 1. The van der Waals surface area contributed by atoms with E-state index in [1.54, 1.807) is 13.2 Å². The van der Waals surface area contributed by atoms with Crippen LogP contribution in [0, 0.1) is 0 Å². The molecule has 0 aliphatic carbocycles. The predicted octanol–water partition coefficient (Wildman–Crippen LogP) is 3.02. The van der Waals surface area contributed by atoms with E-state index in [1.165, 1.54) is 0 Å². The molecule has 1 aliphatic heterocycles. The van der Waals surface area contributed by atoms with E-state index < -0.39 is 0 Å². The van der Waals surface area contributed by atoms with Crippen LogP contribution < -0.4 is 14.8 Å². The molecule has 0 amide bonds. The van der Waals surface area contributed by atoms with Gasteiger partial charge in [0.15, 0.2) is 11.5 Å². The van der Waals surface area contributed by atoms with Gasteiger partial charge in [-0.2, -0.15) is 0 Å². The maximum Gasteiger partial charge on any atom is 0.162 e. The average molecular weight is 300 g/mol. The lowest BCUT2D eigenvalue weighted by atomic mass is 10.2. The second kappa shape index (κ2) is 7.72. The summed E-state index contributed by atoms with van der Waals surface area (Å²) >= 11 is 6.27. The molecule has 0 saturated carbocycles. The number of halogens is 1. The third-order valence-electron chi connectivity index (χ3n) is 3.34. The van der Waals surface area contributed by atoms with Gasteiger partial charge in [-0.25, -0.2) is 0 Å². The van der Waals surface area contributed by atoms with E-state index in [9.17, 15) is 0 Å². The Morgan fingerprint density at radius 3 is 2.90 bits per heavy atom. The Hall–Kier alpha value is -0.970. The van der Waals surface area contributed by atoms with Gasteiger partial charge < -0.3 is 19.5 Å². The Bertz CT molecular complexity index is 433. The number of nitrogens with one attached hydrogen (secondary N) is 1. The zero-order valence-electron chi connectivity index (χ0n) is 12.1. The molecule has 0 bridgehead atoms. The van der Waals surface area contributed by atoms with Gasteiger partial charge in [0, 0.05) is 30.8 Å². The van der Waals surface area contributed by atoms with Crippen LogP contribution in [0.5, 0.6) is 11.5 Å². The highest BCUT2D eigenvalue weighted by atomic mass is 35.5. The van der Waals surface area contributed by atoms with Crippen LogP contribution in [-0.4, -0.2) is 33.0 Å². The molecule has 20 heavy (non-hydrogen) atoms. The van der Waals surface area contributed by atoms with Crippen molar-refractivity contribution in [2.24, 2.45) is 0 Å². The van der Waals surface area contributed by atoms with Crippen molar-refractivity contribution in [1.29, 1.82) is 0 Å². The molecule has 112 valence electrons. The number of hydrogen-bond acceptors (Lipinski definition) is 4. The van der Waals surface area contributed by atoms with Gasteiger partial charge in [-0.15, -0.1) is 0 Å². The van der Waals surface area contributed by atoms with Gasteiger partial charge >= 0.3 is 0 Å². The predicted molar refractivity (Wildman–Crippen MR) is 79.9 cm³/mol. The Morgan fingerprint density at radius 1 is 1.40 bits per heavy atom. The number of benzene rings is 1. The van der Waals surface area contributed by atoms with Crippen molar-refractivity contribution in [1.82, 2.24) is 5.32 Å². The van der Waals surface area contributed by atoms with Gasteiger partial charge in [-0.1, -0.05) is 11.6 Å². The van der Waals surface area contributed by atoms with E-state index in [2.05, 4.69) is 5.32 Å². The van der Waals surface area contributed by atoms with Crippen LogP contribution in [0.15, 0.2) is 12.1 Å². The molecular weight excluding hydrogens is 278 g/mol. The molecule has 1 saturated heterocycles. The molecule has 1 unspecified atom stereocenters. The maximum absolute atomic E-state index is 6.27. The molecule has 1 atom stereocenters. The van der Waals surface area contributed by atoms with Gasteiger partial charge in [-0.3, -0.25) is 0 Å². The first kappa shape index (κ1) is 15.4. The maximum atomic E-state index is 6.27. The summed E-state index contributed by atoms with van der Waals surface area (Å²) in [5.41, 5.74) is 1.01. The van der Waals surface area contributed by atoms with Crippen molar-refractivity contribution >= 4 is 11.6 Å². The minimum absolute atomic E-state index is 0.332. The summed E-state index contributed by atoms with van der Waals surface area (Å²) in [5, 5.41) is 4.07. The molecule has 1 aromatic carbocycles. The van der Waals surface area contributed by atoms with Crippen molar-refractivity contribution in [3.05, 3.63) is 22.7 Å². The lowest BCUT2D eigenvalue weighted by Gasteiger charge is -2.14. The van der Waals surface area contributed by atoms with Gasteiger partial charge in [-0.05, 0) is 31.4 Å². The molecular formula is C15H22ClNO3. The largest absolute Gasteiger partial charge is 0.493 e. The van der Waals surface area contributed by atoms with Crippen LogP contribution in [0.4, 0.5) is 0 Å². The second-order valence-electron chi connectivity index (χ2n) is 4.79. The topological polar surface area (TPSA) is 39.7 Å². The molecule has 5 heteroatoms. The lowest BCUT2D eigenvalue weighted by molar-refractivity contribution is 0.110. The lowest BCUT2D eigenvalue weighted by Crippen LogP contribution is -2.25. The Kier molecular flexibility index (Phi) is 5.95. The molecule has 1 fully saturated rings. The van der Waals surface area contributed by atoms with Crippen molar-refractivity contribution < 1.29 is 14.2 Å². The third-order valence-corrected chi connectivity index (χ3v) is 3.70. The summed E-state index contributed by atoms with van der Waals surface area (Å²) in [6, 6.07) is 3.74. The van der Waals surface area contributed by atoms with Crippen LogP contribution in [0.3, 0.4) is 0 Å². The second-order valence-corrected chi connectivity index (χ2v) is 5.20. The molecule has 2 rings (SSSR count). The van der Waals surface area contributed by atoms with Crippen LogP contribution in [0.1, 0.15) is 25.3 Å². The molecule has 4 nitrogen and oxygen atoms in total. The first-order valence-corrected chi connectivity index (χ1v) is 7.44. The fourth-order valence-corrected chi connectivity index (χ4v) is 2.53. The van der Waals surface area contributed by atoms with E-state index in [4.69, 9.17) is 25.8 Å². The summed E-state index contributed by atoms with van der Waals surface area (Å²) in [5.74, 6) is 1.40. The molecule has 1 N–H and O–H groups in total. The van der Waals surface area contributed by atoms with E-state index >= 15 is 0 Å². The summed E-state index contributed by atoms with van der Waals surface area (Å²) in [4.78, 5) is 0. The molecule has 0 spiro atoms. The molecule has 0 radical (unpaired) electrons. The van der Waals surface area contributed by atoms with Crippen LogP contribution in [0.2, 0.25) is 5.02 Å². The number of rotatable bonds is 7. The highest BCUT2D eigenvalue weighted by molar-refractivity contribution is 6.31.